The van der Waals surface area contributed by atoms with Crippen LogP contribution in [0.2, 0.25) is 0 Å². The Morgan fingerprint density at radius 2 is 1.84 bits per heavy atom. The Morgan fingerprint density at radius 1 is 1.10 bits per heavy atom. The zero-order chi connectivity index (χ0) is 21.8. The molecule has 1 N–H and O–H groups in total. The highest BCUT2D eigenvalue weighted by atomic mass is 16.5. The van der Waals surface area contributed by atoms with Crippen LogP contribution in [-0.2, 0) is 4.74 Å². The number of nitrogens with zero attached hydrogens (tertiary/aromatic N) is 2. The van der Waals surface area contributed by atoms with Crippen LogP contribution in [0, 0.1) is 0 Å². The highest BCUT2D eigenvalue weighted by molar-refractivity contribution is 5.94. The largest absolute Gasteiger partial charge is 0.373 e. The van der Waals surface area contributed by atoms with Gasteiger partial charge in [0.1, 0.15) is 0 Å². The summed E-state index contributed by atoms with van der Waals surface area (Å²) in [4.78, 5) is 16.1. The van der Waals surface area contributed by atoms with Gasteiger partial charge in [0.2, 0.25) is 0 Å². The van der Waals surface area contributed by atoms with Crippen LogP contribution in [0.25, 0.3) is 10.8 Å². The lowest BCUT2D eigenvalue weighted by atomic mass is 9.99. The number of nitrogens with one attached hydrogen (secondary N) is 1. The molecule has 5 heteroatoms. The van der Waals surface area contributed by atoms with Gasteiger partial charge in [-0.15, -0.1) is 0 Å². The van der Waals surface area contributed by atoms with E-state index in [-0.39, 0.29) is 18.1 Å². The third kappa shape index (κ3) is 4.89. The van der Waals surface area contributed by atoms with E-state index >= 15 is 0 Å². The molecule has 31 heavy (non-hydrogen) atoms. The van der Waals surface area contributed by atoms with Gasteiger partial charge in [0.25, 0.3) is 5.91 Å². The van der Waals surface area contributed by atoms with Gasteiger partial charge in [-0.3, -0.25) is 4.79 Å². The first-order valence-corrected chi connectivity index (χ1v) is 10.9. The lowest BCUT2D eigenvalue weighted by molar-refractivity contribution is 0.0395. The molecular weight excluding hydrogens is 386 g/mol. The van der Waals surface area contributed by atoms with Crippen LogP contribution in [0.3, 0.4) is 0 Å². The molecule has 1 saturated heterocycles. The molecule has 0 aromatic heterocycles. The second-order valence-electron chi connectivity index (χ2n) is 8.38. The molecule has 0 radical (unpaired) electrons. The number of hydrogen-bond acceptors (Lipinski definition) is 4. The molecule has 1 unspecified atom stereocenters. The number of fused-ring (bicyclic) bond motifs is 1. The zero-order valence-electron chi connectivity index (χ0n) is 18.5. The van der Waals surface area contributed by atoms with E-state index in [1.54, 1.807) is 19.0 Å². The Balaban J connectivity index is 1.37. The number of carbonyl (C=O) groups is 1. The number of carbonyl (C=O) groups excluding carboxylic acids is 1. The number of anilines is 1. The summed E-state index contributed by atoms with van der Waals surface area (Å²) in [5.41, 5.74) is 3.15. The molecule has 3 aromatic carbocycles. The maximum atomic E-state index is 12.1. The Bertz CT molecular complexity index is 1030. The van der Waals surface area contributed by atoms with Gasteiger partial charge in [-0.2, -0.15) is 0 Å². The molecule has 0 bridgehead atoms. The van der Waals surface area contributed by atoms with Crippen molar-refractivity contribution in [3.63, 3.8) is 0 Å². The summed E-state index contributed by atoms with van der Waals surface area (Å²) in [6.45, 7) is 5.39. The minimum Gasteiger partial charge on any atom is -0.373 e. The third-order valence-corrected chi connectivity index (χ3v) is 5.97. The molecule has 1 amide bonds. The van der Waals surface area contributed by atoms with Crippen molar-refractivity contribution in [3.8, 4) is 0 Å². The van der Waals surface area contributed by atoms with Crippen LogP contribution < -0.4 is 10.2 Å². The molecule has 0 spiro atoms. The quantitative estimate of drug-likeness (QED) is 0.656. The van der Waals surface area contributed by atoms with Crippen molar-refractivity contribution in [1.82, 2.24) is 10.2 Å². The maximum absolute atomic E-state index is 12.1. The Hall–Kier alpha value is -2.89. The van der Waals surface area contributed by atoms with Crippen molar-refractivity contribution in [2.24, 2.45) is 0 Å². The van der Waals surface area contributed by atoms with Crippen molar-refractivity contribution in [2.75, 3.05) is 45.2 Å². The minimum absolute atomic E-state index is 0.0260. The topological polar surface area (TPSA) is 44.8 Å². The van der Waals surface area contributed by atoms with E-state index in [2.05, 4.69) is 59.6 Å². The van der Waals surface area contributed by atoms with Gasteiger partial charge in [0.05, 0.1) is 12.7 Å². The fraction of sp³-hybridized carbons (Fsp3) is 0.346. The maximum Gasteiger partial charge on any atom is 0.253 e. The van der Waals surface area contributed by atoms with Gasteiger partial charge in [-0.25, -0.2) is 0 Å². The Kier molecular flexibility index (Phi) is 6.54. The monoisotopic (exact) mass is 417 g/mol. The van der Waals surface area contributed by atoms with E-state index in [0.29, 0.717) is 12.2 Å². The van der Waals surface area contributed by atoms with E-state index < -0.39 is 0 Å². The molecule has 5 nitrogen and oxygen atoms in total. The predicted molar refractivity (Wildman–Crippen MR) is 127 cm³/mol. The zero-order valence-corrected chi connectivity index (χ0v) is 18.5. The van der Waals surface area contributed by atoms with Gasteiger partial charge in [-0.05, 0) is 47.5 Å². The van der Waals surface area contributed by atoms with E-state index in [1.807, 2.05) is 24.3 Å². The standard InChI is InChI=1S/C26H31N3O2/c1-19(24-10-6-8-20-7-4-5-9-25(20)24)27-17-23-18-29(15-16-31-23)22-13-11-21(12-14-22)26(30)28(2)3/h4-14,19,23,27H,15-18H2,1-3H3/t19-,23?/m1/s1. The van der Waals surface area contributed by atoms with E-state index in [4.69, 9.17) is 4.74 Å². The van der Waals surface area contributed by atoms with Gasteiger partial charge in [0.15, 0.2) is 0 Å². The van der Waals surface area contributed by atoms with Crippen LogP contribution in [0.4, 0.5) is 5.69 Å². The van der Waals surface area contributed by atoms with E-state index in [0.717, 1.165) is 25.3 Å². The summed E-state index contributed by atoms with van der Waals surface area (Å²) in [5.74, 6) is 0.0260. The summed E-state index contributed by atoms with van der Waals surface area (Å²) in [6, 6.07) is 23.1. The smallest absolute Gasteiger partial charge is 0.253 e. The van der Waals surface area contributed by atoms with Crippen molar-refractivity contribution < 1.29 is 9.53 Å². The summed E-state index contributed by atoms with van der Waals surface area (Å²) in [5, 5.41) is 6.23. The lowest BCUT2D eigenvalue weighted by Gasteiger charge is -2.35. The van der Waals surface area contributed by atoms with Crippen molar-refractivity contribution in [3.05, 3.63) is 77.9 Å². The average Bonchev–Trinajstić information content (AvgIpc) is 2.82. The first-order chi connectivity index (χ1) is 15.0. The summed E-state index contributed by atoms with van der Waals surface area (Å²) < 4.78 is 6.03. The molecule has 1 aliphatic rings. The molecule has 0 saturated carbocycles. The Labute approximate surface area is 184 Å². The first kappa shape index (κ1) is 21.3. The molecular formula is C26H31N3O2. The number of hydrogen-bond donors (Lipinski definition) is 1. The highest BCUT2D eigenvalue weighted by Crippen LogP contribution is 2.24. The van der Waals surface area contributed by atoms with Gasteiger partial charge < -0.3 is 19.9 Å². The molecule has 162 valence electrons. The van der Waals surface area contributed by atoms with Gasteiger partial charge in [-0.1, -0.05) is 42.5 Å². The van der Waals surface area contributed by atoms with Gasteiger partial charge in [0, 0.05) is 51.0 Å². The SMILES string of the molecule is C[C@@H](NCC1CN(c2ccc(C(=O)N(C)C)cc2)CCO1)c1cccc2ccccc12. The molecule has 0 aliphatic carbocycles. The van der Waals surface area contributed by atoms with Crippen LogP contribution >= 0.6 is 0 Å². The molecule has 3 aromatic rings. The lowest BCUT2D eigenvalue weighted by Crippen LogP contribution is -2.47. The van der Waals surface area contributed by atoms with E-state index in [9.17, 15) is 4.79 Å². The van der Waals surface area contributed by atoms with E-state index in [1.165, 1.54) is 16.3 Å². The van der Waals surface area contributed by atoms with Crippen molar-refractivity contribution >= 4 is 22.4 Å². The molecule has 4 rings (SSSR count). The van der Waals surface area contributed by atoms with Crippen LogP contribution in [0.1, 0.15) is 28.9 Å². The number of benzene rings is 3. The number of rotatable bonds is 6. The average molecular weight is 418 g/mol. The molecule has 2 atom stereocenters. The molecule has 1 aliphatic heterocycles. The number of amides is 1. The summed E-state index contributed by atoms with van der Waals surface area (Å²) in [7, 11) is 3.55. The second kappa shape index (κ2) is 9.50. The first-order valence-electron chi connectivity index (χ1n) is 10.9. The van der Waals surface area contributed by atoms with Crippen LogP contribution in [0.5, 0.6) is 0 Å². The summed E-state index contributed by atoms with van der Waals surface area (Å²) >= 11 is 0. The molecule has 1 fully saturated rings. The Morgan fingerprint density at radius 3 is 2.61 bits per heavy atom. The minimum atomic E-state index is 0.0260. The van der Waals surface area contributed by atoms with Crippen LogP contribution in [-0.4, -0.2) is 57.2 Å². The van der Waals surface area contributed by atoms with Crippen molar-refractivity contribution in [2.45, 2.75) is 19.1 Å². The highest BCUT2D eigenvalue weighted by Gasteiger charge is 2.22. The number of ether oxygens (including phenoxy) is 1. The second-order valence-corrected chi connectivity index (χ2v) is 8.38. The fourth-order valence-corrected chi connectivity index (χ4v) is 4.20. The normalized spacial score (nSPS) is 17.5. The number of morpholine rings is 1. The fourth-order valence-electron chi connectivity index (χ4n) is 4.20. The summed E-state index contributed by atoms with van der Waals surface area (Å²) in [6.07, 6.45) is 0.120. The van der Waals surface area contributed by atoms with Crippen LogP contribution in [0.15, 0.2) is 66.7 Å². The predicted octanol–water partition coefficient (Wildman–Crippen LogP) is 4.10. The third-order valence-electron chi connectivity index (χ3n) is 5.97. The van der Waals surface area contributed by atoms with Crippen molar-refractivity contribution in [1.29, 1.82) is 0 Å². The van der Waals surface area contributed by atoms with Gasteiger partial charge >= 0.3 is 0 Å². The molecule has 1 heterocycles.